The molecule has 4 rings (SSSR count). The Kier molecular flexibility index (Phi) is 4.95. The van der Waals surface area contributed by atoms with Crippen LogP contribution in [0.4, 0.5) is 11.6 Å². The Hall–Kier alpha value is -3.00. The minimum absolute atomic E-state index is 0.00333. The Balaban J connectivity index is 1.72. The molecule has 28 heavy (non-hydrogen) atoms. The zero-order chi connectivity index (χ0) is 19.7. The standard InChI is InChI=1S/C20H24N6O2/c1-12(2)16(11-27)23-17-8-18(25-20(28)14-4-3-7-21-9-14)26-19(24-17)15(10-22-26)13-5-6-13/h3-4,7-10,12-13,16,27H,5-6,11H2,1-2H3,(H,23,24)(H,25,28)/t16-/m0/s1. The Bertz CT molecular complexity index is 981. The number of hydrogen-bond donors (Lipinski definition) is 3. The van der Waals surface area contributed by atoms with Crippen molar-refractivity contribution in [3.05, 3.63) is 47.9 Å². The first-order valence-corrected chi connectivity index (χ1v) is 9.54. The molecule has 1 fully saturated rings. The number of aromatic nitrogens is 4. The summed E-state index contributed by atoms with van der Waals surface area (Å²) in [5, 5.41) is 20.3. The van der Waals surface area contributed by atoms with Crippen molar-refractivity contribution in [2.45, 2.75) is 38.6 Å². The van der Waals surface area contributed by atoms with Gasteiger partial charge in [0.05, 0.1) is 24.4 Å². The first-order chi connectivity index (χ1) is 13.6. The summed E-state index contributed by atoms with van der Waals surface area (Å²) in [5.41, 5.74) is 2.28. The van der Waals surface area contributed by atoms with Crippen molar-refractivity contribution in [2.75, 3.05) is 17.2 Å². The van der Waals surface area contributed by atoms with Gasteiger partial charge in [-0.1, -0.05) is 13.8 Å². The van der Waals surface area contributed by atoms with Crippen molar-refractivity contribution >= 4 is 23.2 Å². The van der Waals surface area contributed by atoms with E-state index in [1.54, 1.807) is 28.9 Å². The van der Waals surface area contributed by atoms with Gasteiger partial charge in [0.1, 0.15) is 11.6 Å². The van der Waals surface area contributed by atoms with E-state index in [2.05, 4.69) is 20.7 Å². The highest BCUT2D eigenvalue weighted by molar-refractivity contribution is 6.03. The normalized spacial score (nSPS) is 15.0. The molecule has 8 heteroatoms. The van der Waals surface area contributed by atoms with Gasteiger partial charge >= 0.3 is 0 Å². The molecule has 8 nitrogen and oxygen atoms in total. The summed E-state index contributed by atoms with van der Waals surface area (Å²) < 4.78 is 1.66. The lowest BCUT2D eigenvalue weighted by Crippen LogP contribution is -2.30. The second-order valence-electron chi connectivity index (χ2n) is 7.51. The number of fused-ring (bicyclic) bond motifs is 1. The largest absolute Gasteiger partial charge is 0.394 e. The predicted molar refractivity (Wildman–Crippen MR) is 106 cm³/mol. The summed E-state index contributed by atoms with van der Waals surface area (Å²) >= 11 is 0. The average molecular weight is 380 g/mol. The SMILES string of the molecule is CC(C)[C@H](CO)Nc1cc(NC(=O)c2cccnc2)n2ncc(C3CC3)c2n1. The molecule has 1 atom stereocenters. The topological polar surface area (TPSA) is 104 Å². The van der Waals surface area contributed by atoms with Crippen molar-refractivity contribution in [2.24, 2.45) is 5.92 Å². The number of aliphatic hydroxyl groups excluding tert-OH is 1. The molecule has 0 radical (unpaired) electrons. The second kappa shape index (κ2) is 7.55. The average Bonchev–Trinajstić information content (AvgIpc) is 3.45. The number of rotatable bonds is 7. The Morgan fingerprint density at radius 1 is 1.36 bits per heavy atom. The van der Waals surface area contributed by atoms with Crippen LogP contribution in [-0.2, 0) is 0 Å². The number of nitrogens with one attached hydrogen (secondary N) is 2. The highest BCUT2D eigenvalue weighted by atomic mass is 16.3. The predicted octanol–water partition coefficient (Wildman–Crippen LogP) is 2.68. The van der Waals surface area contributed by atoms with Crippen LogP contribution in [0.3, 0.4) is 0 Å². The molecule has 1 aliphatic rings. The number of hydrogen-bond acceptors (Lipinski definition) is 6. The molecule has 3 aromatic rings. The fraction of sp³-hybridized carbons (Fsp3) is 0.400. The molecule has 0 aliphatic heterocycles. The molecule has 3 heterocycles. The van der Waals surface area contributed by atoms with Crippen molar-refractivity contribution < 1.29 is 9.90 Å². The monoisotopic (exact) mass is 380 g/mol. The van der Waals surface area contributed by atoms with Gasteiger partial charge in [0.2, 0.25) is 0 Å². The first kappa shape index (κ1) is 18.4. The highest BCUT2D eigenvalue weighted by Gasteiger charge is 2.28. The molecule has 0 bridgehead atoms. The lowest BCUT2D eigenvalue weighted by molar-refractivity contribution is 0.102. The van der Waals surface area contributed by atoms with Crippen LogP contribution in [0.2, 0.25) is 0 Å². The van der Waals surface area contributed by atoms with Gasteiger partial charge < -0.3 is 15.7 Å². The van der Waals surface area contributed by atoms with E-state index in [-0.39, 0.29) is 24.5 Å². The molecule has 0 aromatic carbocycles. The minimum atomic E-state index is -0.266. The zero-order valence-electron chi connectivity index (χ0n) is 16.0. The van der Waals surface area contributed by atoms with Crippen molar-refractivity contribution in [3.8, 4) is 0 Å². The summed E-state index contributed by atoms with van der Waals surface area (Å²) in [7, 11) is 0. The van der Waals surface area contributed by atoms with E-state index >= 15 is 0 Å². The molecule has 3 aromatic heterocycles. The van der Waals surface area contributed by atoms with Crippen LogP contribution in [0.25, 0.3) is 5.65 Å². The van der Waals surface area contributed by atoms with E-state index in [0.29, 0.717) is 23.1 Å². The smallest absolute Gasteiger partial charge is 0.258 e. The Morgan fingerprint density at radius 2 is 2.18 bits per heavy atom. The number of aliphatic hydroxyl groups is 1. The molecule has 0 saturated heterocycles. The third-order valence-electron chi connectivity index (χ3n) is 5.02. The third-order valence-corrected chi connectivity index (χ3v) is 5.02. The summed E-state index contributed by atoms with van der Waals surface area (Å²) in [6, 6.07) is 5.04. The van der Waals surface area contributed by atoms with E-state index in [0.717, 1.165) is 24.1 Å². The van der Waals surface area contributed by atoms with Gasteiger partial charge in [-0.05, 0) is 36.8 Å². The van der Waals surface area contributed by atoms with Crippen LogP contribution in [-0.4, -0.2) is 43.2 Å². The van der Waals surface area contributed by atoms with Gasteiger partial charge in [-0.15, -0.1) is 0 Å². The molecule has 1 amide bonds. The first-order valence-electron chi connectivity index (χ1n) is 9.54. The van der Waals surface area contributed by atoms with E-state index in [1.165, 1.54) is 6.20 Å². The van der Waals surface area contributed by atoms with E-state index in [1.807, 2.05) is 20.0 Å². The molecule has 1 saturated carbocycles. The van der Waals surface area contributed by atoms with E-state index in [9.17, 15) is 9.90 Å². The molecule has 0 unspecified atom stereocenters. The van der Waals surface area contributed by atoms with Crippen LogP contribution in [0.15, 0.2) is 36.8 Å². The maximum absolute atomic E-state index is 12.6. The lowest BCUT2D eigenvalue weighted by Gasteiger charge is -2.21. The van der Waals surface area contributed by atoms with Gasteiger partial charge in [-0.2, -0.15) is 9.61 Å². The fourth-order valence-corrected chi connectivity index (χ4v) is 3.12. The summed E-state index contributed by atoms with van der Waals surface area (Å²) in [6.07, 6.45) is 7.23. The number of pyridine rings is 1. The number of carbonyl (C=O) groups excluding carboxylic acids is 1. The van der Waals surface area contributed by atoms with E-state index < -0.39 is 0 Å². The Labute approximate surface area is 163 Å². The molecular weight excluding hydrogens is 356 g/mol. The van der Waals surface area contributed by atoms with Crippen molar-refractivity contribution in [3.63, 3.8) is 0 Å². The highest BCUT2D eigenvalue weighted by Crippen LogP contribution is 2.42. The summed E-state index contributed by atoms with van der Waals surface area (Å²) in [5.74, 6) is 1.56. The van der Waals surface area contributed by atoms with Crippen LogP contribution >= 0.6 is 0 Å². The number of amides is 1. The van der Waals surface area contributed by atoms with Crippen molar-refractivity contribution in [1.82, 2.24) is 19.6 Å². The maximum Gasteiger partial charge on any atom is 0.258 e. The molecule has 1 aliphatic carbocycles. The van der Waals surface area contributed by atoms with Crippen LogP contribution in [0.1, 0.15) is 48.5 Å². The van der Waals surface area contributed by atoms with Gasteiger partial charge in [0, 0.05) is 24.0 Å². The zero-order valence-corrected chi connectivity index (χ0v) is 16.0. The van der Waals surface area contributed by atoms with E-state index in [4.69, 9.17) is 4.98 Å². The molecule has 146 valence electrons. The minimum Gasteiger partial charge on any atom is -0.394 e. The van der Waals surface area contributed by atoms with Crippen LogP contribution in [0.5, 0.6) is 0 Å². The van der Waals surface area contributed by atoms with Crippen LogP contribution < -0.4 is 10.6 Å². The second-order valence-corrected chi connectivity index (χ2v) is 7.51. The summed E-state index contributed by atoms with van der Waals surface area (Å²) in [6.45, 7) is 4.06. The van der Waals surface area contributed by atoms with Gasteiger partial charge in [-0.3, -0.25) is 9.78 Å². The van der Waals surface area contributed by atoms with Crippen molar-refractivity contribution in [1.29, 1.82) is 0 Å². The number of anilines is 2. The quantitative estimate of drug-likeness (QED) is 0.582. The molecule has 0 spiro atoms. The van der Waals surface area contributed by atoms with Gasteiger partial charge in [0.25, 0.3) is 5.91 Å². The molecular formula is C20H24N6O2. The fourth-order valence-electron chi connectivity index (χ4n) is 3.12. The molecule has 3 N–H and O–H groups in total. The van der Waals surface area contributed by atoms with Gasteiger partial charge in [-0.25, -0.2) is 4.98 Å². The number of carbonyl (C=O) groups is 1. The summed E-state index contributed by atoms with van der Waals surface area (Å²) in [4.78, 5) is 21.4. The lowest BCUT2D eigenvalue weighted by atomic mass is 10.1. The number of nitrogens with zero attached hydrogens (tertiary/aromatic N) is 4. The Morgan fingerprint density at radius 3 is 2.82 bits per heavy atom. The third kappa shape index (κ3) is 3.68. The van der Waals surface area contributed by atoms with Gasteiger partial charge in [0.15, 0.2) is 5.65 Å². The van der Waals surface area contributed by atoms with Crippen LogP contribution in [0, 0.1) is 5.92 Å². The maximum atomic E-state index is 12.6.